The maximum atomic E-state index is 13.1. The standard InChI is InChI=1S/C18H23ClFNO5/c1-5-25-14-9-18(16(23)24,17(14,3)4)21-15(22)10(2)26-13-7-6-11(20)8-12(13)19/h6-8,10,14H,5,9H2,1-4H3,(H,21,22)(H,23,24). The van der Waals surface area contributed by atoms with Crippen LogP contribution in [0.15, 0.2) is 18.2 Å². The minimum absolute atomic E-state index is 0.0259. The molecule has 1 aromatic carbocycles. The van der Waals surface area contributed by atoms with Crippen LogP contribution in [-0.4, -0.2) is 41.3 Å². The number of carboxylic acid groups (broad SMARTS) is 1. The third-order valence-electron chi connectivity index (χ3n) is 5.03. The number of carbonyl (C=O) groups excluding carboxylic acids is 1. The lowest BCUT2D eigenvalue weighted by molar-refractivity contribution is -0.195. The molecule has 1 aliphatic carbocycles. The number of hydrogen-bond acceptors (Lipinski definition) is 4. The van der Waals surface area contributed by atoms with Crippen molar-refractivity contribution in [3.63, 3.8) is 0 Å². The summed E-state index contributed by atoms with van der Waals surface area (Å²) in [4.78, 5) is 24.4. The minimum atomic E-state index is -1.45. The fraction of sp³-hybridized carbons (Fsp3) is 0.556. The van der Waals surface area contributed by atoms with Crippen molar-refractivity contribution in [2.75, 3.05) is 6.61 Å². The van der Waals surface area contributed by atoms with Crippen LogP contribution in [0.5, 0.6) is 5.75 Å². The number of benzene rings is 1. The molecule has 0 heterocycles. The molecule has 1 aromatic rings. The zero-order valence-electron chi connectivity index (χ0n) is 15.1. The number of ether oxygens (including phenoxy) is 2. The van der Waals surface area contributed by atoms with E-state index in [1.807, 2.05) is 6.92 Å². The smallest absolute Gasteiger partial charge is 0.330 e. The fourth-order valence-corrected chi connectivity index (χ4v) is 3.38. The van der Waals surface area contributed by atoms with Crippen LogP contribution in [-0.2, 0) is 14.3 Å². The molecule has 0 radical (unpaired) electrons. The van der Waals surface area contributed by atoms with Crippen molar-refractivity contribution >= 4 is 23.5 Å². The number of amides is 1. The number of aliphatic carboxylic acids is 1. The molecular formula is C18H23ClFNO5. The molecule has 6 nitrogen and oxygen atoms in total. The Labute approximate surface area is 156 Å². The van der Waals surface area contributed by atoms with Gasteiger partial charge in [-0.05, 0) is 32.0 Å². The third kappa shape index (κ3) is 3.50. The van der Waals surface area contributed by atoms with Crippen molar-refractivity contribution in [1.82, 2.24) is 5.32 Å². The first-order valence-corrected chi connectivity index (χ1v) is 8.71. The van der Waals surface area contributed by atoms with Gasteiger partial charge in [0.1, 0.15) is 17.1 Å². The number of carbonyl (C=O) groups is 2. The molecule has 8 heteroatoms. The van der Waals surface area contributed by atoms with Gasteiger partial charge >= 0.3 is 5.97 Å². The fourth-order valence-electron chi connectivity index (χ4n) is 3.16. The summed E-state index contributed by atoms with van der Waals surface area (Å²) >= 11 is 5.89. The van der Waals surface area contributed by atoms with Gasteiger partial charge in [0.25, 0.3) is 5.91 Å². The highest BCUT2D eigenvalue weighted by molar-refractivity contribution is 6.32. The Balaban J connectivity index is 2.12. The summed E-state index contributed by atoms with van der Waals surface area (Å²) in [5.74, 6) is -2.11. The molecule has 1 amide bonds. The first-order chi connectivity index (χ1) is 12.0. The van der Waals surface area contributed by atoms with Gasteiger partial charge in [-0.2, -0.15) is 0 Å². The zero-order chi connectivity index (χ0) is 19.7. The summed E-state index contributed by atoms with van der Waals surface area (Å²) < 4.78 is 24.1. The van der Waals surface area contributed by atoms with Gasteiger partial charge < -0.3 is 19.9 Å². The molecule has 26 heavy (non-hydrogen) atoms. The molecule has 144 valence electrons. The van der Waals surface area contributed by atoms with Gasteiger partial charge in [0.15, 0.2) is 6.10 Å². The van der Waals surface area contributed by atoms with E-state index >= 15 is 0 Å². The van der Waals surface area contributed by atoms with Crippen molar-refractivity contribution < 1.29 is 28.6 Å². The second kappa shape index (κ2) is 7.40. The van der Waals surface area contributed by atoms with E-state index in [9.17, 15) is 19.1 Å². The van der Waals surface area contributed by atoms with E-state index in [1.165, 1.54) is 13.0 Å². The quantitative estimate of drug-likeness (QED) is 0.751. The second-order valence-corrected chi connectivity index (χ2v) is 7.31. The van der Waals surface area contributed by atoms with Gasteiger partial charge in [-0.25, -0.2) is 9.18 Å². The van der Waals surface area contributed by atoms with E-state index in [-0.39, 0.29) is 23.3 Å². The third-order valence-corrected chi connectivity index (χ3v) is 5.33. The monoisotopic (exact) mass is 387 g/mol. The average molecular weight is 388 g/mol. The van der Waals surface area contributed by atoms with Crippen LogP contribution < -0.4 is 10.1 Å². The molecule has 0 bridgehead atoms. The van der Waals surface area contributed by atoms with E-state index in [0.717, 1.165) is 12.1 Å². The number of carboxylic acids is 1. The molecule has 1 aliphatic rings. The normalized spacial score (nSPS) is 25.1. The van der Waals surface area contributed by atoms with Crippen LogP contribution in [0.3, 0.4) is 0 Å². The molecule has 0 aliphatic heterocycles. The van der Waals surface area contributed by atoms with Crippen LogP contribution in [0.1, 0.15) is 34.1 Å². The van der Waals surface area contributed by atoms with Gasteiger partial charge in [0, 0.05) is 18.4 Å². The molecule has 0 saturated heterocycles. The summed E-state index contributed by atoms with van der Waals surface area (Å²) in [7, 11) is 0. The summed E-state index contributed by atoms with van der Waals surface area (Å²) in [6.07, 6.45) is -1.12. The summed E-state index contributed by atoms with van der Waals surface area (Å²) in [6.45, 7) is 7.25. The number of hydrogen-bond donors (Lipinski definition) is 2. The predicted octanol–water partition coefficient (Wildman–Crippen LogP) is 3.02. The van der Waals surface area contributed by atoms with Crippen molar-refractivity contribution in [3.05, 3.63) is 29.0 Å². The molecule has 1 fully saturated rings. The molecule has 2 rings (SSSR count). The Morgan fingerprint density at radius 3 is 2.62 bits per heavy atom. The van der Waals surface area contributed by atoms with E-state index in [4.69, 9.17) is 21.1 Å². The molecule has 3 unspecified atom stereocenters. The van der Waals surface area contributed by atoms with Crippen molar-refractivity contribution in [2.45, 2.75) is 51.9 Å². The highest BCUT2D eigenvalue weighted by Crippen LogP contribution is 2.51. The first kappa shape index (κ1) is 20.5. The lowest BCUT2D eigenvalue weighted by atomic mass is 9.54. The second-order valence-electron chi connectivity index (χ2n) is 6.90. The molecule has 0 spiro atoms. The minimum Gasteiger partial charge on any atom is -0.479 e. The Bertz CT molecular complexity index is 711. The Kier molecular flexibility index (Phi) is 5.82. The average Bonchev–Trinajstić information content (AvgIpc) is 2.55. The molecular weight excluding hydrogens is 365 g/mol. The van der Waals surface area contributed by atoms with Gasteiger partial charge in [0.2, 0.25) is 0 Å². The largest absolute Gasteiger partial charge is 0.479 e. The van der Waals surface area contributed by atoms with Gasteiger partial charge in [-0.3, -0.25) is 4.79 Å². The molecule has 2 N–H and O–H groups in total. The topological polar surface area (TPSA) is 84.9 Å². The Morgan fingerprint density at radius 2 is 2.12 bits per heavy atom. The highest BCUT2D eigenvalue weighted by atomic mass is 35.5. The zero-order valence-corrected chi connectivity index (χ0v) is 15.9. The van der Waals surface area contributed by atoms with Crippen LogP contribution in [0.25, 0.3) is 0 Å². The van der Waals surface area contributed by atoms with Crippen LogP contribution in [0, 0.1) is 11.2 Å². The number of rotatable bonds is 7. The van der Waals surface area contributed by atoms with E-state index in [1.54, 1.807) is 13.8 Å². The first-order valence-electron chi connectivity index (χ1n) is 8.34. The van der Waals surface area contributed by atoms with Crippen LogP contribution >= 0.6 is 11.6 Å². The maximum Gasteiger partial charge on any atom is 0.330 e. The summed E-state index contributed by atoms with van der Waals surface area (Å²) in [5, 5.41) is 12.4. The van der Waals surface area contributed by atoms with E-state index in [0.29, 0.717) is 6.61 Å². The Hall–Kier alpha value is -1.86. The van der Waals surface area contributed by atoms with Gasteiger partial charge in [-0.1, -0.05) is 25.4 Å². The molecule has 3 atom stereocenters. The van der Waals surface area contributed by atoms with E-state index < -0.39 is 34.8 Å². The molecule has 1 saturated carbocycles. The summed E-state index contributed by atoms with van der Waals surface area (Å²) in [5.41, 5.74) is -2.24. The highest BCUT2D eigenvalue weighted by Gasteiger charge is 2.66. The number of nitrogens with one attached hydrogen (secondary N) is 1. The summed E-state index contributed by atoms with van der Waals surface area (Å²) in [6, 6.07) is 3.54. The lowest BCUT2D eigenvalue weighted by Crippen LogP contribution is -2.76. The predicted molar refractivity (Wildman–Crippen MR) is 93.8 cm³/mol. The van der Waals surface area contributed by atoms with Crippen LogP contribution in [0.4, 0.5) is 4.39 Å². The van der Waals surface area contributed by atoms with Crippen LogP contribution in [0.2, 0.25) is 5.02 Å². The maximum absolute atomic E-state index is 13.1. The van der Waals surface area contributed by atoms with Crippen molar-refractivity contribution in [1.29, 1.82) is 0 Å². The molecule has 0 aromatic heterocycles. The van der Waals surface area contributed by atoms with Gasteiger partial charge in [-0.15, -0.1) is 0 Å². The van der Waals surface area contributed by atoms with Crippen molar-refractivity contribution in [2.24, 2.45) is 5.41 Å². The van der Waals surface area contributed by atoms with Gasteiger partial charge in [0.05, 0.1) is 11.1 Å². The lowest BCUT2D eigenvalue weighted by Gasteiger charge is -2.58. The SMILES string of the molecule is CCOC1CC(NC(=O)C(C)Oc2ccc(F)cc2Cl)(C(=O)O)C1(C)C. The number of halogens is 2. The van der Waals surface area contributed by atoms with E-state index in [2.05, 4.69) is 5.32 Å². The Morgan fingerprint density at radius 1 is 1.46 bits per heavy atom. The van der Waals surface area contributed by atoms with Crippen molar-refractivity contribution in [3.8, 4) is 5.75 Å².